The molecular weight excluding hydrogens is 311 g/mol. The minimum absolute atomic E-state index is 0.157. The van der Waals surface area contributed by atoms with Gasteiger partial charge in [-0.2, -0.15) is 13.2 Å². The second-order valence-electron chi connectivity index (χ2n) is 5.32. The summed E-state index contributed by atoms with van der Waals surface area (Å²) in [5.41, 5.74) is -0.586. The van der Waals surface area contributed by atoms with Gasteiger partial charge in [-0.05, 0) is 43.5 Å². The number of esters is 1. The number of hydrogen-bond donors (Lipinski definition) is 1. The molecule has 23 heavy (non-hydrogen) atoms. The van der Waals surface area contributed by atoms with Crippen molar-refractivity contribution in [2.45, 2.75) is 38.1 Å². The van der Waals surface area contributed by atoms with Crippen molar-refractivity contribution in [3.8, 4) is 0 Å². The number of benzene rings is 1. The maximum absolute atomic E-state index is 12.6. The molecule has 1 aromatic carbocycles. The van der Waals surface area contributed by atoms with E-state index in [0.717, 1.165) is 31.1 Å². The molecule has 1 aliphatic rings. The van der Waals surface area contributed by atoms with Crippen molar-refractivity contribution in [3.63, 3.8) is 0 Å². The molecule has 0 unspecified atom stereocenters. The molecule has 0 saturated heterocycles. The fourth-order valence-corrected chi connectivity index (χ4v) is 1.80. The highest BCUT2D eigenvalue weighted by atomic mass is 19.4. The molecule has 7 heteroatoms. The zero-order chi connectivity index (χ0) is 17.0. The number of ether oxygens (including phenoxy) is 1. The number of rotatable bonds is 5. The monoisotopic (exact) mass is 327 g/mol. The highest BCUT2D eigenvalue weighted by molar-refractivity contribution is 5.90. The van der Waals surface area contributed by atoms with Crippen molar-refractivity contribution in [2.75, 3.05) is 0 Å². The lowest BCUT2D eigenvalue weighted by molar-refractivity contribution is -0.150. The van der Waals surface area contributed by atoms with Crippen molar-refractivity contribution in [2.24, 2.45) is 0 Å². The van der Waals surface area contributed by atoms with E-state index >= 15 is 0 Å². The Labute approximate surface area is 131 Å². The molecule has 1 aliphatic carbocycles. The second-order valence-corrected chi connectivity index (χ2v) is 5.32. The zero-order valence-corrected chi connectivity index (χ0v) is 12.4. The lowest BCUT2D eigenvalue weighted by Gasteiger charge is -2.11. The lowest BCUT2D eigenvalue weighted by Crippen LogP contribution is -2.36. The molecule has 1 atom stereocenters. The third-order valence-electron chi connectivity index (χ3n) is 3.21. The highest BCUT2D eigenvalue weighted by Crippen LogP contribution is 2.29. The van der Waals surface area contributed by atoms with Gasteiger partial charge in [0.25, 0.3) is 5.91 Å². The van der Waals surface area contributed by atoms with E-state index in [2.05, 4.69) is 5.32 Å². The quantitative estimate of drug-likeness (QED) is 0.668. The summed E-state index contributed by atoms with van der Waals surface area (Å²) in [6.45, 7) is 1.44. The van der Waals surface area contributed by atoms with Gasteiger partial charge in [-0.1, -0.05) is 12.1 Å². The Kier molecular flexibility index (Phi) is 5.08. The van der Waals surface area contributed by atoms with E-state index in [4.69, 9.17) is 4.74 Å². The number of alkyl halides is 3. The Balaban J connectivity index is 1.91. The van der Waals surface area contributed by atoms with Crippen molar-refractivity contribution >= 4 is 18.0 Å². The molecule has 0 bridgehead atoms. The van der Waals surface area contributed by atoms with E-state index in [-0.39, 0.29) is 17.5 Å². The van der Waals surface area contributed by atoms with E-state index < -0.39 is 23.8 Å². The molecule has 1 amide bonds. The summed E-state index contributed by atoms with van der Waals surface area (Å²) >= 11 is 0. The summed E-state index contributed by atoms with van der Waals surface area (Å²) in [6.07, 6.45) is -1.35. The molecule has 0 heterocycles. The van der Waals surface area contributed by atoms with E-state index in [1.165, 1.54) is 25.1 Å². The molecular formula is C16H16F3NO3. The largest absolute Gasteiger partial charge is 0.449 e. The number of amides is 1. The number of carbonyl (C=O) groups excluding carboxylic acids is 2. The Hall–Kier alpha value is -2.31. The van der Waals surface area contributed by atoms with Crippen LogP contribution in [0.15, 0.2) is 30.3 Å². The molecule has 2 rings (SSSR count). The molecule has 1 saturated carbocycles. The lowest BCUT2D eigenvalue weighted by atomic mass is 10.1. The third-order valence-corrected chi connectivity index (χ3v) is 3.21. The van der Waals surface area contributed by atoms with Gasteiger partial charge in [0.15, 0.2) is 6.10 Å². The summed E-state index contributed by atoms with van der Waals surface area (Å²) < 4.78 is 42.6. The summed E-state index contributed by atoms with van der Waals surface area (Å²) in [5.74, 6) is -1.17. The van der Waals surface area contributed by atoms with Crippen molar-refractivity contribution in [1.82, 2.24) is 5.32 Å². The van der Waals surface area contributed by atoms with Gasteiger partial charge in [0.05, 0.1) is 5.56 Å². The maximum atomic E-state index is 12.6. The predicted molar refractivity (Wildman–Crippen MR) is 77.2 cm³/mol. The predicted octanol–water partition coefficient (Wildman–Crippen LogP) is 2.93. The van der Waals surface area contributed by atoms with E-state index in [1.54, 1.807) is 0 Å². The topological polar surface area (TPSA) is 55.4 Å². The fraction of sp³-hybridized carbons (Fsp3) is 0.375. The minimum atomic E-state index is -4.44. The SMILES string of the molecule is C[C@H](OC(=O)/C=C/c1cccc(C(F)(F)F)c1)C(=O)NC1CC1. The number of halogens is 3. The van der Waals surface area contributed by atoms with Gasteiger partial charge in [-0.15, -0.1) is 0 Å². The molecule has 0 aromatic heterocycles. The smallest absolute Gasteiger partial charge is 0.416 e. The number of hydrogen-bond acceptors (Lipinski definition) is 3. The van der Waals surface area contributed by atoms with Gasteiger partial charge in [0, 0.05) is 12.1 Å². The van der Waals surface area contributed by atoms with E-state index in [0.29, 0.717) is 0 Å². The first kappa shape index (κ1) is 17.1. The number of carbonyl (C=O) groups is 2. The first-order valence-electron chi connectivity index (χ1n) is 7.12. The Morgan fingerprint density at radius 2 is 2.04 bits per heavy atom. The zero-order valence-electron chi connectivity index (χ0n) is 12.4. The Bertz CT molecular complexity index is 621. The normalized spacial score (nSPS) is 16.2. The van der Waals surface area contributed by atoms with Crippen LogP contribution in [0.4, 0.5) is 13.2 Å². The van der Waals surface area contributed by atoms with Crippen LogP contribution < -0.4 is 5.32 Å². The van der Waals surface area contributed by atoms with Crippen LogP contribution in [0.3, 0.4) is 0 Å². The first-order valence-corrected chi connectivity index (χ1v) is 7.12. The standard InChI is InChI=1S/C16H16F3NO3/c1-10(15(22)20-13-6-7-13)23-14(21)8-5-11-3-2-4-12(9-11)16(17,18)19/h2-5,8-10,13H,6-7H2,1H3,(H,20,22)/b8-5+/t10-/m0/s1. The third kappa shape index (κ3) is 5.43. The van der Waals surface area contributed by atoms with Crippen molar-refractivity contribution < 1.29 is 27.5 Å². The van der Waals surface area contributed by atoms with Crippen LogP contribution in [-0.4, -0.2) is 24.0 Å². The van der Waals surface area contributed by atoms with Crippen LogP contribution >= 0.6 is 0 Å². The molecule has 4 nitrogen and oxygen atoms in total. The van der Waals surface area contributed by atoms with Crippen molar-refractivity contribution in [1.29, 1.82) is 0 Å². The van der Waals surface area contributed by atoms with Crippen molar-refractivity contribution in [3.05, 3.63) is 41.5 Å². The Morgan fingerprint density at radius 1 is 1.35 bits per heavy atom. The van der Waals surface area contributed by atoms with Crippen LogP contribution in [0.2, 0.25) is 0 Å². The summed E-state index contributed by atoms with van der Waals surface area (Å²) in [6, 6.07) is 4.71. The van der Waals surface area contributed by atoms with Gasteiger partial charge in [0.2, 0.25) is 0 Å². The Morgan fingerprint density at radius 3 is 2.65 bits per heavy atom. The van der Waals surface area contributed by atoms with Crippen LogP contribution in [0.5, 0.6) is 0 Å². The molecule has 1 aromatic rings. The molecule has 1 fully saturated rings. The van der Waals surface area contributed by atoms with Crippen LogP contribution in [0.25, 0.3) is 6.08 Å². The summed E-state index contributed by atoms with van der Waals surface area (Å²) in [4.78, 5) is 23.2. The first-order chi connectivity index (χ1) is 10.8. The average molecular weight is 327 g/mol. The minimum Gasteiger partial charge on any atom is -0.449 e. The average Bonchev–Trinajstić information content (AvgIpc) is 3.28. The van der Waals surface area contributed by atoms with Crippen LogP contribution in [-0.2, 0) is 20.5 Å². The molecule has 0 spiro atoms. The molecule has 124 valence electrons. The second kappa shape index (κ2) is 6.85. The van der Waals surface area contributed by atoms with E-state index in [1.807, 2.05) is 0 Å². The van der Waals surface area contributed by atoms with Crippen LogP contribution in [0.1, 0.15) is 30.9 Å². The molecule has 0 radical (unpaired) electrons. The van der Waals surface area contributed by atoms with Gasteiger partial charge >= 0.3 is 12.1 Å². The van der Waals surface area contributed by atoms with E-state index in [9.17, 15) is 22.8 Å². The van der Waals surface area contributed by atoms with Gasteiger partial charge in [-0.3, -0.25) is 4.79 Å². The van der Waals surface area contributed by atoms with Gasteiger partial charge < -0.3 is 10.1 Å². The maximum Gasteiger partial charge on any atom is 0.416 e. The summed E-state index contributed by atoms with van der Waals surface area (Å²) in [7, 11) is 0. The molecule has 0 aliphatic heterocycles. The van der Waals surface area contributed by atoms with Gasteiger partial charge in [-0.25, -0.2) is 4.79 Å². The molecule has 1 N–H and O–H groups in total. The van der Waals surface area contributed by atoms with Gasteiger partial charge in [0.1, 0.15) is 0 Å². The van der Waals surface area contributed by atoms with Crippen LogP contribution in [0, 0.1) is 0 Å². The highest BCUT2D eigenvalue weighted by Gasteiger charge is 2.30. The number of nitrogens with one attached hydrogen (secondary N) is 1. The summed E-state index contributed by atoms with van der Waals surface area (Å²) in [5, 5.41) is 2.69. The fourth-order valence-electron chi connectivity index (χ4n) is 1.80.